The molecule has 0 amide bonds. The average Bonchev–Trinajstić information content (AvgIpc) is 2.61. The van der Waals surface area contributed by atoms with Crippen LogP contribution in [0.25, 0.3) is 0 Å². The van der Waals surface area contributed by atoms with Gasteiger partial charge in [-0.05, 0) is 19.2 Å². The quantitative estimate of drug-likeness (QED) is 0.811. The highest BCUT2D eigenvalue weighted by Crippen LogP contribution is 2.16. The van der Waals surface area contributed by atoms with Gasteiger partial charge in [0.15, 0.2) is 9.84 Å². The maximum absolute atomic E-state index is 11.5. The molecule has 0 aromatic carbocycles. The summed E-state index contributed by atoms with van der Waals surface area (Å²) >= 11 is 0. The molecule has 6 heteroatoms. The first-order valence-corrected chi connectivity index (χ1v) is 7.86. The molecular weight excluding hydrogens is 250 g/mol. The fourth-order valence-corrected chi connectivity index (χ4v) is 4.28. The van der Waals surface area contributed by atoms with Gasteiger partial charge in [-0.1, -0.05) is 6.07 Å². The molecule has 2 rings (SSSR count). The van der Waals surface area contributed by atoms with Crippen molar-refractivity contribution in [2.45, 2.75) is 18.5 Å². The van der Waals surface area contributed by atoms with Crippen LogP contribution < -0.4 is 5.73 Å². The summed E-state index contributed by atoms with van der Waals surface area (Å²) in [5.74, 6) is 0.276. The molecule has 18 heavy (non-hydrogen) atoms. The Morgan fingerprint density at radius 1 is 1.44 bits per heavy atom. The number of nitrogens with two attached hydrogens (primary N) is 1. The molecule has 1 fully saturated rings. The molecule has 1 aromatic heterocycles. The molecule has 2 N–H and O–H groups in total. The lowest BCUT2D eigenvalue weighted by Crippen LogP contribution is -2.45. The van der Waals surface area contributed by atoms with Gasteiger partial charge >= 0.3 is 0 Å². The highest BCUT2D eigenvalue weighted by atomic mass is 32.2. The number of hydrogen-bond donors (Lipinski definition) is 1. The molecule has 5 nitrogen and oxygen atoms in total. The lowest BCUT2D eigenvalue weighted by atomic mass is 10.1. The van der Waals surface area contributed by atoms with Crippen molar-refractivity contribution in [1.82, 2.24) is 9.88 Å². The van der Waals surface area contributed by atoms with Crippen LogP contribution >= 0.6 is 0 Å². The zero-order valence-electron chi connectivity index (χ0n) is 10.5. The van der Waals surface area contributed by atoms with E-state index in [2.05, 4.69) is 4.98 Å². The van der Waals surface area contributed by atoms with E-state index in [1.807, 2.05) is 30.1 Å². The summed E-state index contributed by atoms with van der Waals surface area (Å²) in [7, 11) is -1.03. The minimum absolute atomic E-state index is 0.0706. The Morgan fingerprint density at radius 2 is 2.22 bits per heavy atom. The molecule has 2 atom stereocenters. The predicted molar refractivity (Wildman–Crippen MR) is 71.0 cm³/mol. The minimum Gasteiger partial charge on any atom is -0.325 e. The van der Waals surface area contributed by atoms with Crippen molar-refractivity contribution in [2.75, 3.05) is 25.1 Å². The van der Waals surface area contributed by atoms with Crippen LogP contribution in [0, 0.1) is 0 Å². The van der Waals surface area contributed by atoms with E-state index in [0.29, 0.717) is 0 Å². The van der Waals surface area contributed by atoms with Gasteiger partial charge in [0.1, 0.15) is 0 Å². The van der Waals surface area contributed by atoms with Crippen molar-refractivity contribution in [3.8, 4) is 0 Å². The van der Waals surface area contributed by atoms with Crippen LogP contribution in [0.5, 0.6) is 0 Å². The van der Waals surface area contributed by atoms with Crippen LogP contribution in [0.1, 0.15) is 5.69 Å². The van der Waals surface area contributed by atoms with Crippen molar-refractivity contribution in [3.63, 3.8) is 0 Å². The first-order valence-electron chi connectivity index (χ1n) is 6.04. The second-order valence-corrected chi connectivity index (χ2v) is 7.01. The second-order valence-electron chi connectivity index (χ2n) is 4.86. The number of sulfone groups is 1. The van der Waals surface area contributed by atoms with E-state index in [0.717, 1.165) is 18.7 Å². The largest absolute Gasteiger partial charge is 0.325 e. The maximum Gasteiger partial charge on any atom is 0.153 e. The fourth-order valence-electron chi connectivity index (χ4n) is 2.31. The van der Waals surface area contributed by atoms with Crippen LogP contribution in [0.3, 0.4) is 0 Å². The van der Waals surface area contributed by atoms with Crippen molar-refractivity contribution < 1.29 is 8.42 Å². The van der Waals surface area contributed by atoms with E-state index in [-0.39, 0.29) is 23.6 Å². The molecular formula is C12H19N3O2S. The van der Waals surface area contributed by atoms with Crippen LogP contribution in [0.15, 0.2) is 24.4 Å². The van der Waals surface area contributed by atoms with Gasteiger partial charge in [-0.2, -0.15) is 0 Å². The van der Waals surface area contributed by atoms with E-state index in [1.54, 1.807) is 6.20 Å². The van der Waals surface area contributed by atoms with Gasteiger partial charge in [0.05, 0.1) is 11.5 Å². The monoisotopic (exact) mass is 269 g/mol. The highest BCUT2D eigenvalue weighted by Gasteiger charge is 2.37. The third-order valence-electron chi connectivity index (χ3n) is 3.38. The van der Waals surface area contributed by atoms with Gasteiger partial charge in [0.25, 0.3) is 0 Å². The van der Waals surface area contributed by atoms with Gasteiger partial charge in [0.2, 0.25) is 0 Å². The van der Waals surface area contributed by atoms with E-state index >= 15 is 0 Å². The Kier molecular flexibility index (Phi) is 3.99. The molecule has 0 spiro atoms. The van der Waals surface area contributed by atoms with Gasteiger partial charge in [0, 0.05) is 36.9 Å². The molecule has 1 aromatic rings. The van der Waals surface area contributed by atoms with Crippen molar-refractivity contribution in [1.29, 1.82) is 0 Å². The molecule has 100 valence electrons. The standard InChI is InChI=1S/C12H19N3O2S/c1-15(7-5-10-4-2-3-6-14-10)12-9-18(16,17)8-11(12)13/h2-4,6,11-12H,5,7-9,13H2,1H3. The third kappa shape index (κ3) is 3.28. The van der Waals surface area contributed by atoms with Gasteiger partial charge in [-0.3, -0.25) is 4.98 Å². The van der Waals surface area contributed by atoms with E-state index in [9.17, 15) is 8.42 Å². The first-order chi connectivity index (χ1) is 8.48. The Bertz CT molecular complexity index is 489. The minimum atomic E-state index is -2.95. The lowest BCUT2D eigenvalue weighted by Gasteiger charge is -2.26. The molecule has 0 bridgehead atoms. The summed E-state index contributed by atoms with van der Waals surface area (Å²) in [6.07, 6.45) is 2.57. The average molecular weight is 269 g/mol. The molecule has 1 aliphatic heterocycles. The van der Waals surface area contributed by atoms with E-state index in [1.165, 1.54) is 0 Å². The number of likely N-dealkylation sites (N-methyl/N-ethyl adjacent to an activating group) is 1. The highest BCUT2D eigenvalue weighted by molar-refractivity contribution is 7.91. The Hall–Kier alpha value is -0.980. The molecule has 1 aliphatic rings. The number of rotatable bonds is 4. The van der Waals surface area contributed by atoms with Crippen LogP contribution in [-0.4, -0.2) is 55.5 Å². The number of nitrogens with zero attached hydrogens (tertiary/aromatic N) is 2. The summed E-state index contributed by atoms with van der Waals surface area (Å²) in [6, 6.07) is 5.46. The Morgan fingerprint density at radius 3 is 2.78 bits per heavy atom. The van der Waals surface area contributed by atoms with Gasteiger partial charge in [-0.25, -0.2) is 8.42 Å². The molecule has 2 heterocycles. The molecule has 2 unspecified atom stereocenters. The second kappa shape index (κ2) is 5.34. The smallest absolute Gasteiger partial charge is 0.153 e. The summed E-state index contributed by atoms with van der Waals surface area (Å²) in [6.45, 7) is 0.769. The summed E-state index contributed by atoms with van der Waals surface area (Å²) in [5.41, 5.74) is 6.90. The summed E-state index contributed by atoms with van der Waals surface area (Å²) in [4.78, 5) is 6.28. The molecule has 0 aliphatic carbocycles. The van der Waals surface area contributed by atoms with Crippen LogP contribution in [0.2, 0.25) is 0 Å². The number of hydrogen-bond acceptors (Lipinski definition) is 5. The van der Waals surface area contributed by atoms with Crippen molar-refractivity contribution in [3.05, 3.63) is 30.1 Å². The van der Waals surface area contributed by atoms with Crippen molar-refractivity contribution in [2.24, 2.45) is 5.73 Å². The van der Waals surface area contributed by atoms with Crippen molar-refractivity contribution >= 4 is 9.84 Å². The van der Waals surface area contributed by atoms with E-state index in [4.69, 9.17) is 5.73 Å². The summed E-state index contributed by atoms with van der Waals surface area (Å²) < 4.78 is 23.0. The SMILES string of the molecule is CN(CCc1ccccn1)C1CS(=O)(=O)CC1N. The van der Waals surface area contributed by atoms with Gasteiger partial charge in [-0.15, -0.1) is 0 Å². The summed E-state index contributed by atoms with van der Waals surface area (Å²) in [5, 5.41) is 0. The Labute approximate surface area is 108 Å². The topological polar surface area (TPSA) is 76.3 Å². The van der Waals surface area contributed by atoms with E-state index < -0.39 is 9.84 Å². The van der Waals surface area contributed by atoms with Gasteiger partial charge < -0.3 is 10.6 Å². The number of pyridine rings is 1. The molecule has 0 saturated carbocycles. The zero-order chi connectivity index (χ0) is 13.2. The van der Waals surface area contributed by atoms with Crippen LogP contribution in [0.4, 0.5) is 0 Å². The predicted octanol–water partition coefficient (Wildman–Crippen LogP) is -0.320. The fraction of sp³-hybridized carbons (Fsp3) is 0.583. The maximum atomic E-state index is 11.5. The molecule has 0 radical (unpaired) electrons. The number of aromatic nitrogens is 1. The first kappa shape index (κ1) is 13.5. The molecule has 1 saturated heterocycles. The lowest BCUT2D eigenvalue weighted by molar-refractivity contribution is 0.246. The normalized spacial score (nSPS) is 26.6. The third-order valence-corrected chi connectivity index (χ3v) is 5.12. The Balaban J connectivity index is 1.91. The zero-order valence-corrected chi connectivity index (χ0v) is 11.3. The van der Waals surface area contributed by atoms with Crippen LogP contribution in [-0.2, 0) is 16.3 Å².